The molecule has 2 rings (SSSR count). The molecule has 0 fully saturated rings. The van der Waals surface area contributed by atoms with Crippen LogP contribution in [-0.2, 0) is 0 Å². The van der Waals surface area contributed by atoms with Crippen LogP contribution in [0.5, 0.6) is 0 Å². The molecule has 120 valence electrons. The Morgan fingerprint density at radius 2 is 2.17 bits per heavy atom. The van der Waals surface area contributed by atoms with Crippen molar-refractivity contribution in [2.24, 2.45) is 5.10 Å². The largest absolute Gasteiger partial charge is 0.372 e. The number of nitrogens with zero attached hydrogens (tertiary/aromatic N) is 5. The van der Waals surface area contributed by atoms with Gasteiger partial charge in [0.2, 0.25) is 4.77 Å². The molecule has 1 heterocycles. The van der Waals surface area contributed by atoms with Crippen LogP contribution in [0.1, 0.15) is 11.3 Å². The Morgan fingerprint density at radius 1 is 1.48 bits per heavy atom. The lowest BCUT2D eigenvalue weighted by atomic mass is 10.2. The van der Waals surface area contributed by atoms with Crippen molar-refractivity contribution in [1.29, 1.82) is 0 Å². The Morgan fingerprint density at radius 3 is 2.78 bits per heavy atom. The molecule has 1 N–H and O–H groups in total. The van der Waals surface area contributed by atoms with Crippen molar-refractivity contribution in [1.82, 2.24) is 14.9 Å². The van der Waals surface area contributed by atoms with Crippen LogP contribution in [0.15, 0.2) is 28.1 Å². The first-order chi connectivity index (χ1) is 10.8. The molecule has 0 aliphatic carbocycles. The molecule has 0 atom stereocenters. The maximum absolute atomic E-state index is 11.9. The SMILES string of the molecule is Cc1n[nH]c(=S)n(/N=C\c2ccc(N(C)C)c([N+](=O)[O-])c2)c1=O. The molecule has 10 heteroatoms. The van der Waals surface area contributed by atoms with E-state index in [9.17, 15) is 14.9 Å². The van der Waals surface area contributed by atoms with Gasteiger partial charge in [-0.05, 0) is 25.2 Å². The lowest BCUT2D eigenvalue weighted by Gasteiger charge is -2.12. The second-order valence-electron chi connectivity index (χ2n) is 4.88. The van der Waals surface area contributed by atoms with Crippen LogP contribution in [0.4, 0.5) is 11.4 Å². The van der Waals surface area contributed by atoms with Crippen molar-refractivity contribution in [3.05, 3.63) is 54.7 Å². The molecule has 0 amide bonds. The number of H-pyrrole nitrogens is 1. The Hall–Kier alpha value is -2.88. The van der Waals surface area contributed by atoms with Crippen molar-refractivity contribution in [3.63, 3.8) is 0 Å². The van der Waals surface area contributed by atoms with E-state index in [0.717, 1.165) is 4.68 Å². The van der Waals surface area contributed by atoms with Crippen LogP contribution in [0, 0.1) is 21.8 Å². The first kappa shape index (κ1) is 16.5. The summed E-state index contributed by atoms with van der Waals surface area (Å²) in [5.74, 6) is 0. The fourth-order valence-electron chi connectivity index (χ4n) is 1.85. The van der Waals surface area contributed by atoms with Crippen molar-refractivity contribution >= 4 is 29.8 Å². The van der Waals surface area contributed by atoms with Gasteiger partial charge in [-0.25, -0.2) is 0 Å². The first-order valence-electron chi connectivity index (χ1n) is 6.49. The van der Waals surface area contributed by atoms with Gasteiger partial charge in [0, 0.05) is 25.7 Å². The fraction of sp³-hybridized carbons (Fsp3) is 0.231. The molecule has 9 nitrogen and oxygen atoms in total. The van der Waals surface area contributed by atoms with E-state index < -0.39 is 10.5 Å². The maximum atomic E-state index is 11.9. The van der Waals surface area contributed by atoms with E-state index in [2.05, 4.69) is 15.3 Å². The quantitative estimate of drug-likeness (QED) is 0.392. The summed E-state index contributed by atoms with van der Waals surface area (Å²) in [7, 11) is 3.43. The molecule has 0 bridgehead atoms. The smallest absolute Gasteiger partial charge is 0.296 e. The molecule has 0 saturated heterocycles. The lowest BCUT2D eigenvalue weighted by molar-refractivity contribution is -0.384. The fourth-order valence-corrected chi connectivity index (χ4v) is 2.02. The molecule has 0 unspecified atom stereocenters. The van der Waals surface area contributed by atoms with E-state index in [-0.39, 0.29) is 16.2 Å². The molecule has 0 radical (unpaired) electrons. The summed E-state index contributed by atoms with van der Waals surface area (Å²) >= 11 is 4.95. The molecular formula is C13H14N6O3S. The van der Waals surface area contributed by atoms with Gasteiger partial charge >= 0.3 is 0 Å². The number of hydrogen-bond acceptors (Lipinski definition) is 7. The van der Waals surface area contributed by atoms with Crippen LogP contribution in [-0.4, -0.2) is 40.1 Å². The van der Waals surface area contributed by atoms with Crippen molar-refractivity contribution < 1.29 is 4.92 Å². The Bertz CT molecular complexity index is 899. The number of aryl methyl sites for hydroxylation is 1. The Kier molecular flexibility index (Phi) is 4.65. The molecule has 23 heavy (non-hydrogen) atoms. The minimum Gasteiger partial charge on any atom is -0.372 e. The number of hydrogen-bond donors (Lipinski definition) is 1. The zero-order chi connectivity index (χ0) is 17.1. The molecule has 1 aromatic carbocycles. The van der Waals surface area contributed by atoms with E-state index in [4.69, 9.17) is 12.2 Å². The average Bonchev–Trinajstić information content (AvgIpc) is 2.50. The molecule has 0 aliphatic rings. The van der Waals surface area contributed by atoms with Crippen molar-refractivity contribution in [2.45, 2.75) is 6.92 Å². The zero-order valence-corrected chi connectivity index (χ0v) is 13.5. The topological polar surface area (TPSA) is 109 Å². The molecule has 0 aliphatic heterocycles. The van der Waals surface area contributed by atoms with E-state index in [1.54, 1.807) is 31.1 Å². The molecule has 1 aromatic heterocycles. The van der Waals surface area contributed by atoms with Crippen LogP contribution in [0.2, 0.25) is 0 Å². The second-order valence-corrected chi connectivity index (χ2v) is 5.26. The van der Waals surface area contributed by atoms with Gasteiger partial charge in [0.05, 0.1) is 11.1 Å². The van der Waals surface area contributed by atoms with Gasteiger partial charge in [-0.15, -0.1) is 0 Å². The highest BCUT2D eigenvalue weighted by atomic mass is 32.1. The second kappa shape index (κ2) is 6.48. The highest BCUT2D eigenvalue weighted by molar-refractivity contribution is 7.71. The predicted octanol–water partition coefficient (Wildman–Crippen LogP) is 1.47. The third-order valence-electron chi connectivity index (χ3n) is 3.01. The van der Waals surface area contributed by atoms with Gasteiger partial charge in [-0.2, -0.15) is 14.9 Å². The maximum Gasteiger partial charge on any atom is 0.296 e. The molecule has 0 saturated carbocycles. The minimum absolute atomic E-state index is 0.0382. The monoisotopic (exact) mass is 334 g/mol. The number of benzene rings is 1. The van der Waals surface area contributed by atoms with Crippen molar-refractivity contribution in [3.8, 4) is 0 Å². The Balaban J connectivity index is 2.48. The number of nitrogens with one attached hydrogen (secondary N) is 1. The van der Waals surface area contributed by atoms with Gasteiger partial charge in [-0.3, -0.25) is 20.0 Å². The van der Waals surface area contributed by atoms with E-state index >= 15 is 0 Å². The summed E-state index contributed by atoms with van der Waals surface area (Å²) in [5.41, 5.74) is 0.649. The number of nitro groups is 1. The summed E-state index contributed by atoms with van der Waals surface area (Å²) in [5, 5.41) is 21.4. The number of aromatic nitrogens is 3. The molecule has 2 aromatic rings. The van der Waals surface area contributed by atoms with Crippen LogP contribution < -0.4 is 10.5 Å². The highest BCUT2D eigenvalue weighted by Crippen LogP contribution is 2.27. The average molecular weight is 334 g/mol. The highest BCUT2D eigenvalue weighted by Gasteiger charge is 2.15. The van der Waals surface area contributed by atoms with Gasteiger partial charge in [-0.1, -0.05) is 6.07 Å². The number of aromatic amines is 1. The van der Waals surface area contributed by atoms with E-state index in [1.807, 2.05) is 0 Å². The summed E-state index contributed by atoms with van der Waals surface area (Å²) in [6.07, 6.45) is 1.33. The summed E-state index contributed by atoms with van der Waals surface area (Å²) in [4.78, 5) is 24.2. The summed E-state index contributed by atoms with van der Waals surface area (Å²) in [6, 6.07) is 4.66. The van der Waals surface area contributed by atoms with E-state index in [1.165, 1.54) is 19.2 Å². The van der Waals surface area contributed by atoms with Crippen LogP contribution >= 0.6 is 12.2 Å². The Labute approximate surface area is 136 Å². The van der Waals surface area contributed by atoms with Gasteiger partial charge in [0.15, 0.2) is 0 Å². The minimum atomic E-state index is -0.471. The lowest BCUT2D eigenvalue weighted by Crippen LogP contribution is -2.22. The van der Waals surface area contributed by atoms with E-state index in [0.29, 0.717) is 11.3 Å². The van der Waals surface area contributed by atoms with Crippen LogP contribution in [0.25, 0.3) is 0 Å². The summed E-state index contributed by atoms with van der Waals surface area (Å²) in [6.45, 7) is 1.52. The van der Waals surface area contributed by atoms with Crippen LogP contribution in [0.3, 0.4) is 0 Å². The number of nitro benzene ring substituents is 1. The van der Waals surface area contributed by atoms with Gasteiger partial charge in [0.1, 0.15) is 11.4 Å². The molecular weight excluding hydrogens is 320 g/mol. The standard InChI is InChI=1S/C13H14N6O3S/c1-8-12(20)18(13(23)16-15-8)14-7-9-4-5-10(17(2)3)11(6-9)19(21)22/h4-7H,1-3H3,(H,16,23)/b14-7-. The molecule has 0 spiro atoms. The van der Waals surface area contributed by atoms with Crippen molar-refractivity contribution in [2.75, 3.05) is 19.0 Å². The normalized spacial score (nSPS) is 10.9. The third kappa shape index (κ3) is 3.48. The first-order valence-corrected chi connectivity index (χ1v) is 6.90. The third-order valence-corrected chi connectivity index (χ3v) is 3.28. The number of anilines is 1. The summed E-state index contributed by atoms with van der Waals surface area (Å²) < 4.78 is 1.01. The predicted molar refractivity (Wildman–Crippen MR) is 88.8 cm³/mol. The zero-order valence-electron chi connectivity index (χ0n) is 12.7. The van der Waals surface area contributed by atoms with Gasteiger partial charge < -0.3 is 4.90 Å². The number of rotatable bonds is 4. The van der Waals surface area contributed by atoms with Gasteiger partial charge in [0.25, 0.3) is 11.2 Å².